The molecule has 0 spiro atoms. The van der Waals surface area contributed by atoms with Gasteiger partial charge < -0.3 is 0 Å². The molecule has 2 aromatic carbocycles. The SMILES string of the molecule is CC#Cc1ccc(-c2ccc([C@H]3CC[C@H](C=CC)CC3)cc2)cc1. The van der Waals surface area contributed by atoms with Crippen molar-refractivity contribution in [3.63, 3.8) is 0 Å². The van der Waals surface area contributed by atoms with Gasteiger partial charge in [-0.25, -0.2) is 0 Å². The molecular weight excluding hydrogens is 288 g/mol. The zero-order valence-corrected chi connectivity index (χ0v) is 14.8. The highest BCUT2D eigenvalue weighted by atomic mass is 14.3. The molecule has 0 saturated heterocycles. The van der Waals surface area contributed by atoms with Crippen LogP contribution >= 0.6 is 0 Å². The quantitative estimate of drug-likeness (QED) is 0.443. The van der Waals surface area contributed by atoms with Crippen LogP contribution in [-0.4, -0.2) is 0 Å². The van der Waals surface area contributed by atoms with Crippen molar-refractivity contribution in [2.24, 2.45) is 5.92 Å². The van der Waals surface area contributed by atoms with E-state index in [4.69, 9.17) is 0 Å². The molecule has 1 saturated carbocycles. The fourth-order valence-electron chi connectivity index (χ4n) is 3.76. The number of allylic oxidation sites excluding steroid dienone is 2. The lowest BCUT2D eigenvalue weighted by Crippen LogP contribution is -2.11. The van der Waals surface area contributed by atoms with E-state index in [1.54, 1.807) is 0 Å². The van der Waals surface area contributed by atoms with Crippen molar-refractivity contribution in [1.29, 1.82) is 0 Å². The average Bonchev–Trinajstić information content (AvgIpc) is 2.64. The van der Waals surface area contributed by atoms with Gasteiger partial charge in [0.2, 0.25) is 0 Å². The molecular formula is C24H26. The molecule has 1 aliphatic rings. The van der Waals surface area contributed by atoms with Crippen molar-refractivity contribution in [2.45, 2.75) is 45.4 Å². The Morgan fingerprint density at radius 1 is 0.833 bits per heavy atom. The molecule has 3 rings (SSSR count). The first-order valence-electron chi connectivity index (χ1n) is 9.06. The number of hydrogen-bond donors (Lipinski definition) is 0. The van der Waals surface area contributed by atoms with E-state index < -0.39 is 0 Å². The minimum Gasteiger partial charge on any atom is -0.101 e. The average molecular weight is 314 g/mol. The highest BCUT2D eigenvalue weighted by Gasteiger charge is 2.20. The monoisotopic (exact) mass is 314 g/mol. The minimum absolute atomic E-state index is 0.739. The van der Waals surface area contributed by atoms with E-state index in [0.717, 1.165) is 17.4 Å². The molecule has 0 aliphatic heterocycles. The molecule has 2 aromatic rings. The van der Waals surface area contributed by atoms with Gasteiger partial charge in [0.1, 0.15) is 0 Å². The first-order chi connectivity index (χ1) is 11.8. The minimum atomic E-state index is 0.739. The van der Waals surface area contributed by atoms with Gasteiger partial charge in [0.05, 0.1) is 0 Å². The first kappa shape index (κ1) is 16.6. The molecule has 0 nitrogen and oxygen atoms in total. The molecule has 0 atom stereocenters. The third-order valence-electron chi connectivity index (χ3n) is 5.11. The fraction of sp³-hybridized carbons (Fsp3) is 0.333. The Hall–Kier alpha value is -2.26. The summed E-state index contributed by atoms with van der Waals surface area (Å²) in [6.45, 7) is 4.00. The van der Waals surface area contributed by atoms with Crippen LogP contribution in [0.15, 0.2) is 60.7 Å². The largest absolute Gasteiger partial charge is 0.101 e. The highest BCUT2D eigenvalue weighted by Crippen LogP contribution is 2.36. The maximum absolute atomic E-state index is 3.10. The van der Waals surface area contributed by atoms with E-state index >= 15 is 0 Å². The van der Waals surface area contributed by atoms with Crippen LogP contribution in [0.5, 0.6) is 0 Å². The standard InChI is InChI=1S/C24H26/c1-3-5-19-7-11-21(12-8-19)23-15-17-24(18-16-23)22-13-9-20(6-4-2)10-14-22/h3,5,9-10,13-19,21H,7-8,11-12H2,1-2H3/t19-,21-. The fourth-order valence-corrected chi connectivity index (χ4v) is 3.76. The van der Waals surface area contributed by atoms with Crippen LogP contribution in [-0.2, 0) is 0 Å². The van der Waals surface area contributed by atoms with Crippen molar-refractivity contribution in [1.82, 2.24) is 0 Å². The first-order valence-corrected chi connectivity index (χ1v) is 9.06. The second-order valence-corrected chi connectivity index (χ2v) is 6.71. The van der Waals surface area contributed by atoms with Crippen LogP contribution in [0.1, 0.15) is 56.6 Å². The zero-order valence-electron chi connectivity index (χ0n) is 14.8. The summed E-state index contributed by atoms with van der Waals surface area (Å²) in [5.74, 6) is 7.58. The summed E-state index contributed by atoms with van der Waals surface area (Å²) >= 11 is 0. The Balaban J connectivity index is 1.68. The van der Waals surface area contributed by atoms with E-state index in [-0.39, 0.29) is 0 Å². The van der Waals surface area contributed by atoms with Crippen molar-refractivity contribution in [3.8, 4) is 23.0 Å². The van der Waals surface area contributed by atoms with Gasteiger partial charge in [-0.3, -0.25) is 0 Å². The van der Waals surface area contributed by atoms with Crippen LogP contribution in [0.25, 0.3) is 11.1 Å². The summed E-state index contributed by atoms with van der Waals surface area (Å²) in [6.07, 6.45) is 9.88. The highest BCUT2D eigenvalue weighted by molar-refractivity contribution is 5.64. The third-order valence-corrected chi connectivity index (χ3v) is 5.11. The Kier molecular flexibility index (Phi) is 5.55. The second kappa shape index (κ2) is 8.02. The van der Waals surface area contributed by atoms with Crippen LogP contribution < -0.4 is 0 Å². The molecule has 0 amide bonds. The lowest BCUT2D eigenvalue weighted by molar-refractivity contribution is 0.376. The molecule has 24 heavy (non-hydrogen) atoms. The van der Waals surface area contributed by atoms with Gasteiger partial charge in [-0.1, -0.05) is 54.5 Å². The molecule has 1 aliphatic carbocycles. The van der Waals surface area contributed by atoms with E-state index in [9.17, 15) is 0 Å². The van der Waals surface area contributed by atoms with Crippen LogP contribution in [0.2, 0.25) is 0 Å². The normalized spacial score (nSPS) is 20.6. The van der Waals surface area contributed by atoms with Crippen molar-refractivity contribution in [2.75, 3.05) is 0 Å². The van der Waals surface area contributed by atoms with Crippen molar-refractivity contribution in [3.05, 3.63) is 71.8 Å². The molecule has 0 radical (unpaired) electrons. The van der Waals surface area contributed by atoms with E-state index in [1.165, 1.54) is 42.4 Å². The van der Waals surface area contributed by atoms with E-state index in [2.05, 4.69) is 79.4 Å². The topological polar surface area (TPSA) is 0 Å². The molecule has 122 valence electrons. The van der Waals surface area contributed by atoms with Crippen LogP contribution in [0.3, 0.4) is 0 Å². The van der Waals surface area contributed by atoms with Gasteiger partial charge in [-0.2, -0.15) is 0 Å². The Morgan fingerprint density at radius 2 is 1.42 bits per heavy atom. The lowest BCUT2D eigenvalue weighted by atomic mass is 9.78. The van der Waals surface area contributed by atoms with E-state index in [1.807, 2.05) is 6.92 Å². The summed E-state index contributed by atoms with van der Waals surface area (Å²) in [4.78, 5) is 0. The smallest absolute Gasteiger partial charge is 0.0245 e. The van der Waals surface area contributed by atoms with Crippen molar-refractivity contribution < 1.29 is 0 Å². The van der Waals surface area contributed by atoms with Gasteiger partial charge in [0, 0.05) is 5.56 Å². The number of rotatable bonds is 3. The Bertz CT molecular complexity index is 727. The van der Waals surface area contributed by atoms with Gasteiger partial charge in [0.25, 0.3) is 0 Å². The second-order valence-electron chi connectivity index (χ2n) is 6.71. The molecule has 0 heterocycles. The van der Waals surface area contributed by atoms with Crippen LogP contribution in [0, 0.1) is 17.8 Å². The summed E-state index contributed by atoms with van der Waals surface area (Å²) in [5, 5.41) is 0. The van der Waals surface area contributed by atoms with Gasteiger partial charge in [0.15, 0.2) is 0 Å². The van der Waals surface area contributed by atoms with Gasteiger partial charge >= 0.3 is 0 Å². The molecule has 0 bridgehead atoms. The van der Waals surface area contributed by atoms with Gasteiger partial charge in [-0.05, 0) is 80.2 Å². The number of benzene rings is 2. The Labute approximate surface area is 146 Å². The van der Waals surface area contributed by atoms with E-state index in [0.29, 0.717) is 0 Å². The zero-order chi connectivity index (χ0) is 16.8. The summed E-state index contributed by atoms with van der Waals surface area (Å²) in [7, 11) is 0. The van der Waals surface area contributed by atoms with Crippen molar-refractivity contribution >= 4 is 0 Å². The summed E-state index contributed by atoms with van der Waals surface area (Å²) < 4.78 is 0. The lowest BCUT2D eigenvalue weighted by Gasteiger charge is -2.27. The molecule has 0 heteroatoms. The maximum atomic E-state index is 3.10. The predicted molar refractivity (Wildman–Crippen MR) is 104 cm³/mol. The number of hydrogen-bond acceptors (Lipinski definition) is 0. The predicted octanol–water partition coefficient (Wildman–Crippen LogP) is 6.57. The third kappa shape index (κ3) is 3.98. The molecule has 0 N–H and O–H groups in total. The van der Waals surface area contributed by atoms with Crippen LogP contribution in [0.4, 0.5) is 0 Å². The molecule has 0 unspecified atom stereocenters. The summed E-state index contributed by atoms with van der Waals surface area (Å²) in [6, 6.07) is 17.7. The maximum Gasteiger partial charge on any atom is 0.0245 e. The van der Waals surface area contributed by atoms with Gasteiger partial charge in [-0.15, -0.1) is 5.92 Å². The molecule has 0 aromatic heterocycles. The Morgan fingerprint density at radius 3 is 1.96 bits per heavy atom. The summed E-state index contributed by atoms with van der Waals surface area (Å²) in [5.41, 5.74) is 5.14. The molecule has 1 fully saturated rings.